The predicted molar refractivity (Wildman–Crippen MR) is 72.7 cm³/mol. The number of aromatic nitrogens is 2. The van der Waals surface area contributed by atoms with Crippen molar-refractivity contribution in [2.24, 2.45) is 0 Å². The van der Waals surface area contributed by atoms with E-state index in [0.29, 0.717) is 0 Å². The lowest BCUT2D eigenvalue weighted by atomic mass is 10.2. The quantitative estimate of drug-likeness (QED) is 0.458. The highest BCUT2D eigenvalue weighted by Crippen LogP contribution is 2.12. The molecular weight excluding hydrogens is 234 g/mol. The van der Waals surface area contributed by atoms with E-state index in [0.717, 1.165) is 42.4 Å². The van der Waals surface area contributed by atoms with E-state index in [1.54, 1.807) is 17.8 Å². The van der Waals surface area contributed by atoms with Gasteiger partial charge in [-0.25, -0.2) is 4.98 Å². The third-order valence-corrected chi connectivity index (χ3v) is 3.23. The average Bonchev–Trinajstić information content (AvgIpc) is 2.24. The molecule has 1 aromatic heterocycles. The summed E-state index contributed by atoms with van der Waals surface area (Å²) in [6.07, 6.45) is 2.98. The molecule has 0 radical (unpaired) electrons. The first-order valence-corrected chi connectivity index (χ1v) is 6.98. The molecule has 96 valence electrons. The average molecular weight is 255 g/mol. The maximum atomic E-state index is 11.4. The van der Waals surface area contributed by atoms with Crippen molar-refractivity contribution < 1.29 is 0 Å². The van der Waals surface area contributed by atoms with Gasteiger partial charge < -0.3 is 9.88 Å². The molecule has 1 heterocycles. The Morgan fingerprint density at radius 3 is 2.88 bits per heavy atom. The molecule has 1 N–H and O–H groups in total. The Hall–Kier alpha value is -0.810. The predicted octanol–water partition coefficient (Wildman–Crippen LogP) is 1.77. The fourth-order valence-corrected chi connectivity index (χ4v) is 2.31. The topological polar surface area (TPSA) is 49.0 Å². The zero-order valence-corrected chi connectivity index (χ0v) is 11.6. The van der Waals surface area contributed by atoms with Gasteiger partial charge in [0.25, 0.3) is 5.56 Å². The van der Waals surface area contributed by atoms with Crippen LogP contribution < -0.4 is 5.56 Å². The summed E-state index contributed by atoms with van der Waals surface area (Å²) in [7, 11) is 4.12. The molecule has 0 spiro atoms. The molecular formula is C12H21N3OS. The van der Waals surface area contributed by atoms with Gasteiger partial charge in [-0.1, -0.05) is 25.1 Å². The minimum atomic E-state index is -0.0430. The van der Waals surface area contributed by atoms with Crippen LogP contribution in [0, 0.1) is 0 Å². The van der Waals surface area contributed by atoms with Gasteiger partial charge >= 0.3 is 0 Å². The van der Waals surface area contributed by atoms with E-state index in [1.165, 1.54) is 0 Å². The third-order valence-electron chi connectivity index (χ3n) is 2.27. The number of hydrogen-bond acceptors (Lipinski definition) is 4. The Balaban J connectivity index is 2.50. The normalized spacial score (nSPS) is 11.1. The Kier molecular flexibility index (Phi) is 6.29. The summed E-state index contributed by atoms with van der Waals surface area (Å²) >= 11 is 1.62. The van der Waals surface area contributed by atoms with E-state index in [-0.39, 0.29) is 5.56 Å². The Morgan fingerprint density at radius 1 is 1.47 bits per heavy atom. The highest BCUT2D eigenvalue weighted by atomic mass is 32.2. The molecule has 1 aromatic rings. The summed E-state index contributed by atoms with van der Waals surface area (Å²) in [6.45, 7) is 3.15. The number of thioether (sulfide) groups is 1. The van der Waals surface area contributed by atoms with Crippen molar-refractivity contribution in [2.75, 3.05) is 26.4 Å². The lowest BCUT2D eigenvalue weighted by molar-refractivity contribution is 0.410. The van der Waals surface area contributed by atoms with E-state index in [4.69, 9.17) is 0 Å². The van der Waals surface area contributed by atoms with Crippen LogP contribution in [0.4, 0.5) is 0 Å². The van der Waals surface area contributed by atoms with E-state index in [1.807, 2.05) is 0 Å². The van der Waals surface area contributed by atoms with Crippen molar-refractivity contribution in [2.45, 2.75) is 31.3 Å². The molecule has 17 heavy (non-hydrogen) atoms. The van der Waals surface area contributed by atoms with E-state index < -0.39 is 0 Å². The van der Waals surface area contributed by atoms with Crippen molar-refractivity contribution in [3.05, 3.63) is 22.1 Å². The molecule has 0 aromatic carbocycles. The Bertz CT molecular complexity index is 390. The number of H-pyrrole nitrogens is 1. The number of aryl methyl sites for hydroxylation is 1. The maximum Gasteiger partial charge on any atom is 0.251 e. The van der Waals surface area contributed by atoms with Gasteiger partial charge in [0, 0.05) is 17.5 Å². The van der Waals surface area contributed by atoms with Gasteiger partial charge in [-0.15, -0.1) is 0 Å². The lowest BCUT2D eigenvalue weighted by Crippen LogP contribution is -2.14. The van der Waals surface area contributed by atoms with Gasteiger partial charge in [0.2, 0.25) is 0 Å². The second-order valence-corrected chi connectivity index (χ2v) is 5.38. The first-order valence-electron chi connectivity index (χ1n) is 5.99. The molecule has 0 bridgehead atoms. The zero-order chi connectivity index (χ0) is 12.7. The van der Waals surface area contributed by atoms with Crippen molar-refractivity contribution in [3.63, 3.8) is 0 Å². The first kappa shape index (κ1) is 14.3. The fraction of sp³-hybridized carbons (Fsp3) is 0.667. The van der Waals surface area contributed by atoms with E-state index in [9.17, 15) is 4.79 Å². The first-order chi connectivity index (χ1) is 8.11. The van der Waals surface area contributed by atoms with Gasteiger partial charge in [-0.3, -0.25) is 4.79 Å². The van der Waals surface area contributed by atoms with Crippen LogP contribution in [-0.2, 0) is 6.42 Å². The molecule has 0 atom stereocenters. The molecule has 0 saturated heterocycles. The molecule has 0 aliphatic rings. The largest absolute Gasteiger partial charge is 0.309 e. The van der Waals surface area contributed by atoms with Crippen LogP contribution >= 0.6 is 11.8 Å². The van der Waals surface area contributed by atoms with Crippen molar-refractivity contribution in [1.29, 1.82) is 0 Å². The number of aromatic amines is 1. The van der Waals surface area contributed by atoms with E-state index >= 15 is 0 Å². The molecule has 0 saturated carbocycles. The summed E-state index contributed by atoms with van der Waals surface area (Å²) in [5, 5.41) is 0.750. The van der Waals surface area contributed by atoms with Crippen molar-refractivity contribution in [3.8, 4) is 0 Å². The van der Waals surface area contributed by atoms with Crippen molar-refractivity contribution >= 4 is 11.8 Å². The van der Waals surface area contributed by atoms with Gasteiger partial charge in [0.15, 0.2) is 5.16 Å². The number of nitrogens with one attached hydrogen (secondary N) is 1. The molecule has 0 fully saturated rings. The molecule has 5 heteroatoms. The summed E-state index contributed by atoms with van der Waals surface area (Å²) in [4.78, 5) is 20.8. The molecule has 0 amide bonds. The van der Waals surface area contributed by atoms with Gasteiger partial charge in [-0.05, 0) is 33.5 Å². The van der Waals surface area contributed by atoms with Crippen LogP contribution in [0.5, 0.6) is 0 Å². The second kappa shape index (κ2) is 7.50. The Labute approximate surface area is 107 Å². The number of nitrogens with zero attached hydrogens (tertiary/aromatic N) is 2. The van der Waals surface area contributed by atoms with Crippen molar-refractivity contribution in [1.82, 2.24) is 14.9 Å². The zero-order valence-electron chi connectivity index (χ0n) is 10.8. The maximum absolute atomic E-state index is 11.4. The SMILES string of the molecule is CCCc1cc(=O)[nH]c(SCCCN(C)C)n1. The minimum absolute atomic E-state index is 0.0430. The van der Waals surface area contributed by atoms with Crippen LogP contribution in [0.15, 0.2) is 16.0 Å². The van der Waals surface area contributed by atoms with E-state index in [2.05, 4.69) is 35.9 Å². The summed E-state index contributed by atoms with van der Waals surface area (Å²) in [6, 6.07) is 1.59. The highest BCUT2D eigenvalue weighted by Gasteiger charge is 2.01. The highest BCUT2D eigenvalue weighted by molar-refractivity contribution is 7.99. The van der Waals surface area contributed by atoms with Gasteiger partial charge in [0.05, 0.1) is 0 Å². The lowest BCUT2D eigenvalue weighted by Gasteiger charge is -2.08. The van der Waals surface area contributed by atoms with Gasteiger partial charge in [0.1, 0.15) is 0 Å². The van der Waals surface area contributed by atoms with Crippen LogP contribution in [0.3, 0.4) is 0 Å². The smallest absolute Gasteiger partial charge is 0.251 e. The second-order valence-electron chi connectivity index (χ2n) is 4.30. The third kappa shape index (κ3) is 5.89. The summed E-state index contributed by atoms with van der Waals surface area (Å²) in [5.74, 6) is 0.983. The van der Waals surface area contributed by atoms with Crippen LogP contribution in [0.25, 0.3) is 0 Å². The molecule has 0 aliphatic carbocycles. The number of hydrogen-bond donors (Lipinski definition) is 1. The summed E-state index contributed by atoms with van der Waals surface area (Å²) < 4.78 is 0. The Morgan fingerprint density at radius 2 is 2.24 bits per heavy atom. The van der Waals surface area contributed by atoms with Crippen LogP contribution in [-0.4, -0.2) is 41.3 Å². The molecule has 0 aliphatic heterocycles. The molecule has 0 unspecified atom stereocenters. The van der Waals surface area contributed by atoms with Crippen LogP contribution in [0.2, 0.25) is 0 Å². The summed E-state index contributed by atoms with van der Waals surface area (Å²) in [5.41, 5.74) is 0.852. The van der Waals surface area contributed by atoms with Crippen LogP contribution in [0.1, 0.15) is 25.5 Å². The standard InChI is InChI=1S/C12H21N3OS/c1-4-6-10-9-11(16)14-12(13-10)17-8-5-7-15(2)3/h9H,4-8H2,1-3H3,(H,13,14,16). The molecule has 4 nitrogen and oxygen atoms in total. The van der Waals surface area contributed by atoms with Gasteiger partial charge in [-0.2, -0.15) is 0 Å². The fourth-order valence-electron chi connectivity index (χ4n) is 1.49. The monoisotopic (exact) mass is 255 g/mol. The number of rotatable bonds is 7. The minimum Gasteiger partial charge on any atom is -0.309 e. The molecule has 1 rings (SSSR count).